The Morgan fingerprint density at radius 1 is 1.09 bits per heavy atom. The highest BCUT2D eigenvalue weighted by Crippen LogP contribution is 2.28. The van der Waals surface area contributed by atoms with Gasteiger partial charge in [-0.15, -0.1) is 0 Å². The fraction of sp³-hybridized carbons (Fsp3) is 0.208. The number of anilines is 4. The van der Waals surface area contributed by atoms with Gasteiger partial charge in [0.2, 0.25) is 11.9 Å². The lowest BCUT2D eigenvalue weighted by atomic mass is 10.2. The number of hydrogen-bond donors (Lipinski definition) is 2. The normalized spacial score (nSPS) is 13.8. The van der Waals surface area contributed by atoms with E-state index in [0.29, 0.717) is 5.95 Å². The first-order chi connectivity index (χ1) is 15.7. The molecule has 8 heteroatoms. The molecule has 0 aliphatic carbocycles. The molecule has 2 N–H and O–H groups in total. The number of morpholine rings is 1. The van der Waals surface area contributed by atoms with E-state index in [1.807, 2.05) is 49.4 Å². The summed E-state index contributed by atoms with van der Waals surface area (Å²) < 4.78 is 5.44. The molecule has 2 aromatic carbocycles. The Kier molecular flexibility index (Phi) is 7.37. The van der Waals surface area contributed by atoms with Gasteiger partial charge in [0.15, 0.2) is 0 Å². The molecule has 3 aromatic rings. The van der Waals surface area contributed by atoms with Crippen molar-refractivity contribution in [3.8, 4) is 0 Å². The smallest absolute Gasteiger partial charge is 0.248 e. The van der Waals surface area contributed by atoms with Gasteiger partial charge in [-0.25, -0.2) is 9.97 Å². The van der Waals surface area contributed by atoms with Crippen LogP contribution in [0, 0.1) is 0 Å². The van der Waals surface area contributed by atoms with Crippen molar-refractivity contribution in [2.45, 2.75) is 16.8 Å². The van der Waals surface area contributed by atoms with E-state index in [1.54, 1.807) is 12.3 Å². The molecule has 164 valence electrons. The topological polar surface area (TPSA) is 79.4 Å². The van der Waals surface area contributed by atoms with Gasteiger partial charge in [-0.2, -0.15) is 0 Å². The quantitative estimate of drug-likeness (QED) is 0.401. The summed E-state index contributed by atoms with van der Waals surface area (Å²) in [5.74, 6) is 0.404. The molecule has 0 saturated carbocycles. The number of allylic oxidation sites excluding steroid dienone is 1. The van der Waals surface area contributed by atoms with Crippen LogP contribution in [0.1, 0.15) is 6.92 Å². The van der Waals surface area contributed by atoms with Crippen LogP contribution in [0.4, 0.5) is 23.0 Å². The summed E-state index contributed by atoms with van der Waals surface area (Å²) in [5.41, 5.74) is 2.85. The molecule has 0 unspecified atom stereocenters. The number of nitrogens with zero attached hydrogens (tertiary/aromatic N) is 3. The zero-order chi connectivity index (χ0) is 22.2. The first kappa shape index (κ1) is 21.9. The van der Waals surface area contributed by atoms with Crippen LogP contribution in [0.5, 0.6) is 0 Å². The van der Waals surface area contributed by atoms with E-state index in [0.717, 1.165) is 53.3 Å². The molecule has 32 heavy (non-hydrogen) atoms. The maximum atomic E-state index is 11.7. The SMILES string of the molecule is CC=CC(=O)Nc1ccc(Sc2ccnc(Nc3cccc(N4CCOCC4)c3)n2)cc1. The highest BCUT2D eigenvalue weighted by Gasteiger charge is 2.12. The van der Waals surface area contributed by atoms with Crippen molar-refractivity contribution in [1.82, 2.24) is 9.97 Å². The molecule has 1 saturated heterocycles. The molecule has 1 aromatic heterocycles. The maximum absolute atomic E-state index is 11.7. The van der Waals surface area contributed by atoms with Crippen molar-refractivity contribution in [2.75, 3.05) is 41.8 Å². The number of aromatic nitrogens is 2. The summed E-state index contributed by atoms with van der Waals surface area (Å²) in [4.78, 5) is 24.0. The molecule has 1 fully saturated rings. The number of carbonyl (C=O) groups is 1. The van der Waals surface area contributed by atoms with Crippen molar-refractivity contribution >= 4 is 40.7 Å². The van der Waals surface area contributed by atoms with Gasteiger partial charge in [0.25, 0.3) is 0 Å². The van der Waals surface area contributed by atoms with Gasteiger partial charge >= 0.3 is 0 Å². The molecular formula is C24H25N5O2S. The number of carbonyl (C=O) groups excluding carboxylic acids is 1. The predicted octanol–water partition coefficient (Wildman–Crippen LogP) is 4.72. The van der Waals surface area contributed by atoms with Crippen LogP contribution in [-0.4, -0.2) is 42.2 Å². The van der Waals surface area contributed by atoms with Crippen LogP contribution < -0.4 is 15.5 Å². The van der Waals surface area contributed by atoms with Crippen LogP contribution in [0.25, 0.3) is 0 Å². The third kappa shape index (κ3) is 6.09. The second kappa shape index (κ2) is 10.8. The van der Waals surface area contributed by atoms with E-state index >= 15 is 0 Å². The first-order valence-electron chi connectivity index (χ1n) is 10.4. The molecule has 1 aliphatic rings. The highest BCUT2D eigenvalue weighted by molar-refractivity contribution is 7.99. The van der Waals surface area contributed by atoms with Gasteiger partial charge in [0.1, 0.15) is 5.03 Å². The Labute approximate surface area is 191 Å². The van der Waals surface area contributed by atoms with Gasteiger partial charge < -0.3 is 20.3 Å². The van der Waals surface area contributed by atoms with Crippen LogP contribution in [0.15, 0.2) is 82.9 Å². The second-order valence-corrected chi connectivity index (χ2v) is 8.20. The largest absolute Gasteiger partial charge is 0.378 e. The van der Waals surface area contributed by atoms with Gasteiger partial charge in [0, 0.05) is 41.2 Å². The molecular weight excluding hydrogens is 422 g/mol. The van der Waals surface area contributed by atoms with Crippen molar-refractivity contribution in [2.24, 2.45) is 0 Å². The Morgan fingerprint density at radius 2 is 1.91 bits per heavy atom. The summed E-state index contributed by atoms with van der Waals surface area (Å²) in [7, 11) is 0. The molecule has 0 atom stereocenters. The average molecular weight is 448 g/mol. The molecule has 0 bridgehead atoms. The van der Waals surface area contributed by atoms with Gasteiger partial charge in [-0.05, 0) is 61.5 Å². The summed E-state index contributed by atoms with van der Waals surface area (Å²) >= 11 is 1.54. The number of nitrogens with one attached hydrogen (secondary N) is 2. The Morgan fingerprint density at radius 3 is 2.69 bits per heavy atom. The van der Waals surface area contributed by atoms with Crippen molar-refractivity contribution in [1.29, 1.82) is 0 Å². The summed E-state index contributed by atoms with van der Waals surface area (Å²) in [6.07, 6.45) is 4.95. The summed E-state index contributed by atoms with van der Waals surface area (Å²) in [5, 5.41) is 6.95. The van der Waals surface area contributed by atoms with E-state index in [1.165, 1.54) is 17.8 Å². The second-order valence-electron chi connectivity index (χ2n) is 7.11. The number of rotatable bonds is 7. The molecule has 2 heterocycles. The first-order valence-corrected chi connectivity index (χ1v) is 11.3. The Balaban J connectivity index is 1.40. The minimum absolute atomic E-state index is 0.142. The van der Waals surface area contributed by atoms with Crippen LogP contribution in [0.3, 0.4) is 0 Å². The zero-order valence-corrected chi connectivity index (χ0v) is 18.6. The highest BCUT2D eigenvalue weighted by atomic mass is 32.2. The number of benzene rings is 2. The lowest BCUT2D eigenvalue weighted by molar-refractivity contribution is -0.111. The number of hydrogen-bond acceptors (Lipinski definition) is 7. The minimum atomic E-state index is -0.142. The number of ether oxygens (including phenoxy) is 1. The van der Waals surface area contributed by atoms with Crippen molar-refractivity contribution in [3.05, 3.63) is 72.9 Å². The molecule has 1 aliphatic heterocycles. The van der Waals surface area contributed by atoms with Gasteiger partial charge in [0.05, 0.1) is 13.2 Å². The predicted molar refractivity (Wildman–Crippen MR) is 129 cm³/mol. The maximum Gasteiger partial charge on any atom is 0.248 e. The molecule has 1 amide bonds. The molecule has 0 spiro atoms. The van der Waals surface area contributed by atoms with Gasteiger partial charge in [-0.3, -0.25) is 4.79 Å². The van der Waals surface area contributed by atoms with E-state index in [9.17, 15) is 4.79 Å². The molecule has 0 radical (unpaired) electrons. The monoisotopic (exact) mass is 447 g/mol. The fourth-order valence-corrected chi connectivity index (χ4v) is 4.03. The molecule has 7 nitrogen and oxygen atoms in total. The fourth-order valence-electron chi connectivity index (χ4n) is 3.25. The Bertz CT molecular complexity index is 1080. The van der Waals surface area contributed by atoms with Crippen molar-refractivity contribution < 1.29 is 9.53 Å². The minimum Gasteiger partial charge on any atom is -0.378 e. The van der Waals surface area contributed by atoms with E-state index in [-0.39, 0.29) is 5.91 Å². The van der Waals surface area contributed by atoms with E-state index in [4.69, 9.17) is 4.74 Å². The van der Waals surface area contributed by atoms with Crippen LogP contribution in [-0.2, 0) is 9.53 Å². The molecule has 4 rings (SSSR count). The van der Waals surface area contributed by atoms with Crippen LogP contribution in [0.2, 0.25) is 0 Å². The lowest BCUT2D eigenvalue weighted by Gasteiger charge is -2.29. The summed E-state index contributed by atoms with van der Waals surface area (Å²) in [6, 6.07) is 17.8. The lowest BCUT2D eigenvalue weighted by Crippen LogP contribution is -2.36. The summed E-state index contributed by atoms with van der Waals surface area (Å²) in [6.45, 7) is 5.10. The standard InChI is InChI=1S/C24H25N5O2S/c1-2-4-22(30)26-18-7-9-21(10-8-18)32-23-11-12-25-24(28-23)27-19-5-3-6-20(17-19)29-13-15-31-16-14-29/h2-12,17H,13-16H2,1H3,(H,26,30)(H,25,27,28). The van der Waals surface area contributed by atoms with Crippen molar-refractivity contribution in [3.63, 3.8) is 0 Å². The third-order valence-electron chi connectivity index (χ3n) is 4.77. The number of amides is 1. The zero-order valence-electron chi connectivity index (χ0n) is 17.8. The van der Waals surface area contributed by atoms with E-state index in [2.05, 4.69) is 37.6 Å². The third-order valence-corrected chi connectivity index (χ3v) is 5.72. The van der Waals surface area contributed by atoms with Gasteiger partial charge in [-0.1, -0.05) is 23.9 Å². The average Bonchev–Trinajstić information content (AvgIpc) is 2.82. The van der Waals surface area contributed by atoms with Crippen LogP contribution >= 0.6 is 11.8 Å². The Hall–Kier alpha value is -3.36. The van der Waals surface area contributed by atoms with E-state index < -0.39 is 0 Å².